The van der Waals surface area contributed by atoms with E-state index in [1.807, 2.05) is 10.7 Å². The fourth-order valence-corrected chi connectivity index (χ4v) is 2.73. The second kappa shape index (κ2) is 7.20. The van der Waals surface area contributed by atoms with Crippen LogP contribution in [-0.2, 0) is 25.8 Å². The molecule has 0 fully saturated rings. The zero-order valence-electron chi connectivity index (χ0n) is 13.4. The third-order valence-electron chi connectivity index (χ3n) is 4.12. The Morgan fingerprint density at radius 2 is 1.65 bits per heavy atom. The lowest BCUT2D eigenvalue weighted by atomic mass is 10.1. The summed E-state index contributed by atoms with van der Waals surface area (Å²) in [6, 6.07) is 18.9. The van der Waals surface area contributed by atoms with Gasteiger partial charge in [-0.1, -0.05) is 54.6 Å². The van der Waals surface area contributed by atoms with Gasteiger partial charge in [-0.05, 0) is 42.5 Å². The number of aromatic nitrogens is 3. The Kier molecular flexibility index (Phi) is 4.83. The maximum Gasteiger partial charge on any atom is 0.0999 e. The van der Waals surface area contributed by atoms with E-state index in [0.29, 0.717) is 6.54 Å². The van der Waals surface area contributed by atoms with Gasteiger partial charge in [0, 0.05) is 6.54 Å². The predicted octanol–water partition coefficient (Wildman–Crippen LogP) is 3.07. The largest absolute Gasteiger partial charge is 0.325 e. The Balaban J connectivity index is 1.87. The second-order valence-corrected chi connectivity index (χ2v) is 5.60. The van der Waals surface area contributed by atoms with Gasteiger partial charge in [0.25, 0.3) is 0 Å². The minimum atomic E-state index is 0.414. The molecule has 0 saturated heterocycles. The van der Waals surface area contributed by atoms with E-state index in [4.69, 9.17) is 5.73 Å². The lowest BCUT2D eigenvalue weighted by Crippen LogP contribution is -2.07. The quantitative estimate of drug-likeness (QED) is 0.761. The summed E-state index contributed by atoms with van der Waals surface area (Å²) in [6.07, 6.45) is 2.86. The van der Waals surface area contributed by atoms with E-state index in [2.05, 4.69) is 65.8 Å². The summed E-state index contributed by atoms with van der Waals surface area (Å²) >= 11 is 0. The highest BCUT2D eigenvalue weighted by atomic mass is 15.4. The average molecular weight is 306 g/mol. The van der Waals surface area contributed by atoms with Crippen molar-refractivity contribution in [1.82, 2.24) is 15.0 Å². The van der Waals surface area contributed by atoms with Gasteiger partial charge in [0.05, 0.1) is 17.1 Å². The molecule has 0 bridgehead atoms. The van der Waals surface area contributed by atoms with Crippen LogP contribution in [0.4, 0.5) is 0 Å². The summed E-state index contributed by atoms with van der Waals surface area (Å²) in [5.74, 6) is 0. The van der Waals surface area contributed by atoms with Crippen LogP contribution in [0.2, 0.25) is 0 Å². The Morgan fingerprint density at radius 1 is 0.913 bits per heavy atom. The predicted molar refractivity (Wildman–Crippen MR) is 92.5 cm³/mol. The molecular weight excluding hydrogens is 284 g/mol. The van der Waals surface area contributed by atoms with Gasteiger partial charge in [0.2, 0.25) is 0 Å². The van der Waals surface area contributed by atoms with Gasteiger partial charge in [-0.15, -0.1) is 5.10 Å². The van der Waals surface area contributed by atoms with Crippen molar-refractivity contribution in [2.45, 2.75) is 32.7 Å². The van der Waals surface area contributed by atoms with Crippen LogP contribution in [0.3, 0.4) is 0 Å². The van der Waals surface area contributed by atoms with Crippen LogP contribution in [0.5, 0.6) is 0 Å². The van der Waals surface area contributed by atoms with Crippen LogP contribution in [-0.4, -0.2) is 15.0 Å². The minimum Gasteiger partial charge on any atom is -0.325 e. The third-order valence-corrected chi connectivity index (χ3v) is 4.12. The summed E-state index contributed by atoms with van der Waals surface area (Å²) < 4.78 is 1.92. The number of nitrogens with zero attached hydrogens (tertiary/aromatic N) is 3. The molecule has 118 valence electrons. The number of hydrogen-bond acceptors (Lipinski definition) is 3. The van der Waals surface area contributed by atoms with E-state index >= 15 is 0 Å². The van der Waals surface area contributed by atoms with Gasteiger partial charge in [-0.25, -0.2) is 4.68 Å². The van der Waals surface area contributed by atoms with Crippen LogP contribution >= 0.6 is 0 Å². The van der Waals surface area contributed by atoms with Crippen molar-refractivity contribution in [3.8, 4) is 5.69 Å². The number of benzene rings is 2. The molecule has 2 N–H and O–H groups in total. The van der Waals surface area contributed by atoms with Crippen molar-refractivity contribution in [2.75, 3.05) is 0 Å². The fourth-order valence-electron chi connectivity index (χ4n) is 2.73. The van der Waals surface area contributed by atoms with Gasteiger partial charge in [-0.2, -0.15) is 0 Å². The maximum absolute atomic E-state index is 5.84. The van der Waals surface area contributed by atoms with E-state index in [0.717, 1.165) is 36.3 Å². The molecule has 3 rings (SSSR count). The Hall–Kier alpha value is -2.46. The van der Waals surface area contributed by atoms with Gasteiger partial charge < -0.3 is 5.73 Å². The lowest BCUT2D eigenvalue weighted by molar-refractivity contribution is 0.751. The highest BCUT2D eigenvalue weighted by Gasteiger charge is 2.13. The summed E-state index contributed by atoms with van der Waals surface area (Å²) in [5.41, 5.74) is 11.5. The van der Waals surface area contributed by atoms with E-state index in [-0.39, 0.29) is 0 Å². The SMILES string of the molecule is CCc1ccc(-n2nnc(CN)c2CCc2ccccc2)cc1. The number of nitrogens with two attached hydrogens (primary N) is 1. The summed E-state index contributed by atoms with van der Waals surface area (Å²) in [5, 5.41) is 8.57. The highest BCUT2D eigenvalue weighted by Crippen LogP contribution is 2.16. The first-order chi connectivity index (χ1) is 11.3. The monoisotopic (exact) mass is 306 g/mol. The summed E-state index contributed by atoms with van der Waals surface area (Å²) in [6.45, 7) is 2.57. The van der Waals surface area contributed by atoms with Crippen molar-refractivity contribution >= 4 is 0 Å². The van der Waals surface area contributed by atoms with E-state index in [1.165, 1.54) is 11.1 Å². The van der Waals surface area contributed by atoms with Gasteiger partial charge in [0.1, 0.15) is 0 Å². The van der Waals surface area contributed by atoms with E-state index < -0.39 is 0 Å². The normalized spacial score (nSPS) is 10.9. The van der Waals surface area contributed by atoms with Gasteiger partial charge in [0.15, 0.2) is 0 Å². The van der Waals surface area contributed by atoms with Crippen molar-refractivity contribution in [2.24, 2.45) is 5.73 Å². The smallest absolute Gasteiger partial charge is 0.0999 e. The lowest BCUT2D eigenvalue weighted by Gasteiger charge is -2.09. The first-order valence-corrected chi connectivity index (χ1v) is 8.08. The summed E-state index contributed by atoms with van der Waals surface area (Å²) in [7, 11) is 0. The minimum absolute atomic E-state index is 0.414. The Bertz CT molecular complexity index is 745. The standard InChI is InChI=1S/C19H22N4/c1-2-15-8-11-17(12-9-15)23-19(18(14-20)21-22-23)13-10-16-6-4-3-5-7-16/h3-9,11-12H,2,10,13-14,20H2,1H3. The van der Waals surface area contributed by atoms with Gasteiger partial charge >= 0.3 is 0 Å². The summed E-state index contributed by atoms with van der Waals surface area (Å²) in [4.78, 5) is 0. The third kappa shape index (κ3) is 3.48. The first-order valence-electron chi connectivity index (χ1n) is 8.08. The molecule has 0 spiro atoms. The number of aryl methyl sites for hydroxylation is 2. The van der Waals surface area contributed by atoms with Crippen LogP contribution in [0.15, 0.2) is 54.6 Å². The molecule has 4 nitrogen and oxygen atoms in total. The Labute approximate surface area is 137 Å². The molecule has 0 amide bonds. The molecule has 0 radical (unpaired) electrons. The maximum atomic E-state index is 5.84. The molecule has 4 heteroatoms. The van der Waals surface area contributed by atoms with Gasteiger partial charge in [-0.3, -0.25) is 0 Å². The molecule has 0 atom stereocenters. The van der Waals surface area contributed by atoms with Crippen molar-refractivity contribution in [3.05, 3.63) is 77.1 Å². The molecule has 0 unspecified atom stereocenters. The molecule has 2 aromatic carbocycles. The van der Waals surface area contributed by atoms with E-state index in [9.17, 15) is 0 Å². The zero-order valence-corrected chi connectivity index (χ0v) is 13.4. The second-order valence-electron chi connectivity index (χ2n) is 5.60. The molecule has 0 saturated carbocycles. The zero-order chi connectivity index (χ0) is 16.1. The van der Waals surface area contributed by atoms with Crippen LogP contribution in [0.1, 0.15) is 29.4 Å². The average Bonchev–Trinajstić information content (AvgIpc) is 3.04. The van der Waals surface area contributed by atoms with Crippen molar-refractivity contribution in [1.29, 1.82) is 0 Å². The topological polar surface area (TPSA) is 56.7 Å². The van der Waals surface area contributed by atoms with E-state index in [1.54, 1.807) is 0 Å². The highest BCUT2D eigenvalue weighted by molar-refractivity contribution is 5.36. The van der Waals surface area contributed by atoms with Crippen molar-refractivity contribution in [3.63, 3.8) is 0 Å². The molecular formula is C19H22N4. The molecule has 0 aliphatic carbocycles. The van der Waals surface area contributed by atoms with Crippen LogP contribution in [0.25, 0.3) is 5.69 Å². The molecule has 0 aliphatic heterocycles. The molecule has 0 aliphatic rings. The van der Waals surface area contributed by atoms with Crippen LogP contribution in [0, 0.1) is 0 Å². The number of rotatable bonds is 6. The molecule has 1 heterocycles. The van der Waals surface area contributed by atoms with Crippen molar-refractivity contribution < 1.29 is 0 Å². The Morgan fingerprint density at radius 3 is 2.30 bits per heavy atom. The molecule has 1 aromatic heterocycles. The number of hydrogen-bond donors (Lipinski definition) is 1. The first kappa shape index (κ1) is 15.4. The fraction of sp³-hybridized carbons (Fsp3) is 0.263. The van der Waals surface area contributed by atoms with Crippen LogP contribution < -0.4 is 5.73 Å². The molecule has 3 aromatic rings. The molecule has 23 heavy (non-hydrogen) atoms.